The van der Waals surface area contributed by atoms with E-state index in [0.717, 1.165) is 10.9 Å². The number of rotatable bonds is 2. The number of aromatic nitrogens is 1. The van der Waals surface area contributed by atoms with E-state index in [1.54, 1.807) is 6.07 Å². The molecule has 0 aliphatic rings. The monoisotopic (exact) mass is 217 g/mol. The zero-order chi connectivity index (χ0) is 11.9. The number of carboxylic acids is 1. The van der Waals surface area contributed by atoms with Crippen LogP contribution in [-0.2, 0) is 7.05 Å². The van der Waals surface area contributed by atoms with Crippen LogP contribution in [-0.4, -0.2) is 15.6 Å². The predicted molar refractivity (Wildman–Crippen MR) is 64.0 cm³/mol. The normalized spacial score (nSPS) is 11.2. The lowest BCUT2D eigenvalue weighted by Crippen LogP contribution is -2.01. The van der Waals surface area contributed by atoms with Crippen LogP contribution in [0.4, 0.5) is 0 Å². The summed E-state index contributed by atoms with van der Waals surface area (Å²) in [7, 11) is 1.94. The van der Waals surface area contributed by atoms with E-state index in [2.05, 4.69) is 13.8 Å². The van der Waals surface area contributed by atoms with E-state index < -0.39 is 5.97 Å². The van der Waals surface area contributed by atoms with E-state index in [9.17, 15) is 4.79 Å². The summed E-state index contributed by atoms with van der Waals surface area (Å²) >= 11 is 0. The van der Waals surface area contributed by atoms with E-state index in [0.29, 0.717) is 11.5 Å². The number of hydrogen-bond acceptors (Lipinski definition) is 1. The maximum absolute atomic E-state index is 11.1. The minimum Gasteiger partial charge on any atom is -0.478 e. The van der Waals surface area contributed by atoms with Crippen molar-refractivity contribution in [2.45, 2.75) is 19.8 Å². The van der Waals surface area contributed by atoms with Crippen molar-refractivity contribution in [3.63, 3.8) is 0 Å². The lowest BCUT2D eigenvalue weighted by molar-refractivity contribution is 0.0699. The smallest absolute Gasteiger partial charge is 0.336 e. The minimum absolute atomic E-state index is 0.375. The van der Waals surface area contributed by atoms with Crippen molar-refractivity contribution < 1.29 is 9.90 Å². The summed E-state index contributed by atoms with van der Waals surface area (Å²) in [5, 5.41) is 9.93. The summed E-state index contributed by atoms with van der Waals surface area (Å²) in [6, 6.07) is 5.47. The average Bonchev–Trinajstić information content (AvgIpc) is 2.59. The Labute approximate surface area is 94.3 Å². The van der Waals surface area contributed by atoms with Crippen molar-refractivity contribution in [3.8, 4) is 0 Å². The van der Waals surface area contributed by atoms with Gasteiger partial charge in [-0.15, -0.1) is 0 Å². The van der Waals surface area contributed by atoms with Gasteiger partial charge in [0.1, 0.15) is 0 Å². The molecule has 0 bridgehead atoms. The van der Waals surface area contributed by atoms with Crippen molar-refractivity contribution >= 4 is 16.9 Å². The van der Waals surface area contributed by atoms with Crippen LogP contribution in [0.15, 0.2) is 24.4 Å². The van der Waals surface area contributed by atoms with E-state index in [-0.39, 0.29) is 0 Å². The third kappa shape index (κ3) is 1.48. The molecule has 0 saturated heterocycles. The second-order valence-corrected chi connectivity index (χ2v) is 4.35. The first-order valence-corrected chi connectivity index (χ1v) is 5.33. The fourth-order valence-electron chi connectivity index (χ4n) is 2.10. The summed E-state index contributed by atoms with van der Waals surface area (Å²) in [4.78, 5) is 11.1. The molecule has 0 saturated carbocycles. The molecule has 2 rings (SSSR count). The highest BCUT2D eigenvalue weighted by atomic mass is 16.4. The number of fused-ring (bicyclic) bond motifs is 1. The summed E-state index contributed by atoms with van der Waals surface area (Å²) in [5.74, 6) is -0.481. The van der Waals surface area contributed by atoms with Gasteiger partial charge in [0.25, 0.3) is 0 Å². The third-order valence-electron chi connectivity index (χ3n) is 2.92. The van der Waals surface area contributed by atoms with Crippen LogP contribution >= 0.6 is 0 Å². The second kappa shape index (κ2) is 3.67. The molecule has 0 aliphatic carbocycles. The molecule has 0 radical (unpaired) electrons. The number of nitrogens with zero attached hydrogens (tertiary/aromatic N) is 1. The highest BCUT2D eigenvalue weighted by Crippen LogP contribution is 2.28. The Hall–Kier alpha value is -1.77. The first kappa shape index (κ1) is 10.7. The molecule has 0 aliphatic heterocycles. The van der Waals surface area contributed by atoms with Gasteiger partial charge in [-0.05, 0) is 23.6 Å². The quantitative estimate of drug-likeness (QED) is 0.840. The highest BCUT2D eigenvalue weighted by Gasteiger charge is 2.14. The van der Waals surface area contributed by atoms with Gasteiger partial charge >= 0.3 is 5.97 Å². The van der Waals surface area contributed by atoms with Crippen molar-refractivity contribution in [1.29, 1.82) is 0 Å². The fourth-order valence-corrected chi connectivity index (χ4v) is 2.10. The molecule has 0 amide bonds. The third-order valence-corrected chi connectivity index (χ3v) is 2.92. The fraction of sp³-hybridized carbons (Fsp3) is 0.308. The molecule has 3 heteroatoms. The number of carbonyl (C=O) groups is 1. The molecular weight excluding hydrogens is 202 g/mol. The van der Waals surface area contributed by atoms with Crippen LogP contribution in [0, 0.1) is 0 Å². The standard InChI is InChI=1S/C13H15NO2/c1-8(2)9-4-5-11(13(15)16)10-6-7-14(3)12(9)10/h4-8H,1-3H3,(H,15,16). The minimum atomic E-state index is -0.869. The zero-order valence-corrected chi connectivity index (χ0v) is 9.69. The van der Waals surface area contributed by atoms with Gasteiger partial charge in [-0.25, -0.2) is 4.79 Å². The molecule has 2 aromatic rings. The zero-order valence-electron chi connectivity index (χ0n) is 9.69. The van der Waals surface area contributed by atoms with Gasteiger partial charge in [-0.3, -0.25) is 0 Å². The Morgan fingerprint density at radius 2 is 2.00 bits per heavy atom. The summed E-state index contributed by atoms with van der Waals surface area (Å²) in [6.45, 7) is 4.23. The molecule has 1 heterocycles. The lowest BCUT2D eigenvalue weighted by Gasteiger charge is -2.10. The SMILES string of the molecule is CC(C)c1ccc(C(=O)O)c2ccn(C)c12. The van der Waals surface area contributed by atoms with Crippen LogP contribution < -0.4 is 0 Å². The van der Waals surface area contributed by atoms with Crippen LogP contribution in [0.25, 0.3) is 10.9 Å². The Balaban J connectivity index is 2.84. The van der Waals surface area contributed by atoms with Crippen molar-refractivity contribution in [1.82, 2.24) is 4.57 Å². The van der Waals surface area contributed by atoms with Crippen molar-refractivity contribution in [3.05, 3.63) is 35.5 Å². The van der Waals surface area contributed by atoms with Crippen LogP contribution in [0.3, 0.4) is 0 Å². The maximum Gasteiger partial charge on any atom is 0.336 e. The Morgan fingerprint density at radius 3 is 2.56 bits per heavy atom. The number of carboxylic acid groups (broad SMARTS) is 1. The largest absolute Gasteiger partial charge is 0.478 e. The van der Waals surface area contributed by atoms with Gasteiger partial charge in [0.2, 0.25) is 0 Å². The maximum atomic E-state index is 11.1. The highest BCUT2D eigenvalue weighted by molar-refractivity contribution is 6.04. The number of aryl methyl sites for hydroxylation is 1. The molecule has 3 nitrogen and oxygen atoms in total. The number of benzene rings is 1. The Bertz CT molecular complexity index is 552. The van der Waals surface area contributed by atoms with Gasteiger partial charge in [-0.1, -0.05) is 19.9 Å². The van der Waals surface area contributed by atoms with Crippen LogP contribution in [0.5, 0.6) is 0 Å². The van der Waals surface area contributed by atoms with E-state index in [1.807, 2.05) is 29.9 Å². The van der Waals surface area contributed by atoms with Crippen molar-refractivity contribution in [2.75, 3.05) is 0 Å². The first-order chi connectivity index (χ1) is 7.52. The molecule has 16 heavy (non-hydrogen) atoms. The first-order valence-electron chi connectivity index (χ1n) is 5.33. The van der Waals surface area contributed by atoms with Crippen LogP contribution in [0.2, 0.25) is 0 Å². The molecule has 1 aromatic carbocycles. The molecular formula is C13H15NO2. The van der Waals surface area contributed by atoms with E-state index in [4.69, 9.17) is 5.11 Å². The van der Waals surface area contributed by atoms with Gasteiger partial charge in [0, 0.05) is 18.6 Å². The Morgan fingerprint density at radius 1 is 1.31 bits per heavy atom. The summed E-state index contributed by atoms with van der Waals surface area (Å²) in [5.41, 5.74) is 2.59. The topological polar surface area (TPSA) is 42.2 Å². The van der Waals surface area contributed by atoms with Crippen LogP contribution in [0.1, 0.15) is 35.7 Å². The van der Waals surface area contributed by atoms with E-state index >= 15 is 0 Å². The number of hydrogen-bond donors (Lipinski definition) is 1. The molecule has 0 spiro atoms. The summed E-state index contributed by atoms with van der Waals surface area (Å²) < 4.78 is 1.98. The molecule has 0 atom stereocenters. The van der Waals surface area contributed by atoms with Crippen molar-refractivity contribution in [2.24, 2.45) is 7.05 Å². The predicted octanol–water partition coefficient (Wildman–Crippen LogP) is 3.00. The molecule has 0 fully saturated rings. The van der Waals surface area contributed by atoms with Gasteiger partial charge < -0.3 is 9.67 Å². The molecule has 0 unspecified atom stereocenters. The van der Waals surface area contributed by atoms with Gasteiger partial charge in [0.05, 0.1) is 11.1 Å². The number of aromatic carboxylic acids is 1. The Kier molecular flexibility index (Phi) is 2.46. The van der Waals surface area contributed by atoms with E-state index in [1.165, 1.54) is 5.56 Å². The summed E-state index contributed by atoms with van der Waals surface area (Å²) in [6.07, 6.45) is 1.91. The molecule has 1 aromatic heterocycles. The molecule has 84 valence electrons. The van der Waals surface area contributed by atoms with Gasteiger partial charge in [0.15, 0.2) is 0 Å². The van der Waals surface area contributed by atoms with Gasteiger partial charge in [-0.2, -0.15) is 0 Å². The average molecular weight is 217 g/mol. The second-order valence-electron chi connectivity index (χ2n) is 4.35. The molecule has 1 N–H and O–H groups in total. The lowest BCUT2D eigenvalue weighted by atomic mass is 9.98.